The van der Waals surface area contributed by atoms with Crippen LogP contribution in [0, 0.1) is 0 Å². The Morgan fingerprint density at radius 2 is 2.11 bits per heavy atom. The summed E-state index contributed by atoms with van der Waals surface area (Å²) in [6.07, 6.45) is 5.08. The van der Waals surface area contributed by atoms with Crippen LogP contribution in [0.25, 0.3) is 0 Å². The summed E-state index contributed by atoms with van der Waals surface area (Å²) in [5, 5.41) is 19.4. The van der Waals surface area contributed by atoms with Crippen LogP contribution in [0.1, 0.15) is 32.8 Å². The topological polar surface area (TPSA) is 116 Å². The molecule has 0 radical (unpaired) electrons. The molecule has 1 amide bonds. The van der Waals surface area contributed by atoms with Crippen molar-refractivity contribution in [3.05, 3.63) is 57.8 Å². The van der Waals surface area contributed by atoms with E-state index in [1.807, 2.05) is 12.1 Å². The Balaban J connectivity index is 1.73. The van der Waals surface area contributed by atoms with Gasteiger partial charge in [-0.3, -0.25) is 19.5 Å². The predicted molar refractivity (Wildman–Crippen MR) is 93.4 cm³/mol. The van der Waals surface area contributed by atoms with Crippen molar-refractivity contribution >= 4 is 11.9 Å². The number of carbonyl (C=O) groups excluding carboxylic acids is 1. The molecule has 2 aromatic rings. The van der Waals surface area contributed by atoms with Crippen molar-refractivity contribution in [2.24, 2.45) is 0 Å². The molecular formula is C18H18N4O5. The summed E-state index contributed by atoms with van der Waals surface area (Å²) >= 11 is 0. The Morgan fingerprint density at radius 3 is 2.81 bits per heavy atom. The summed E-state index contributed by atoms with van der Waals surface area (Å²) in [6, 6.07) is 3.80. The summed E-state index contributed by atoms with van der Waals surface area (Å²) in [6.45, 7) is 2.16. The van der Waals surface area contributed by atoms with Gasteiger partial charge in [-0.2, -0.15) is 0 Å². The molecule has 9 heteroatoms. The van der Waals surface area contributed by atoms with E-state index >= 15 is 0 Å². The number of aromatic carboxylic acids is 1. The molecule has 27 heavy (non-hydrogen) atoms. The summed E-state index contributed by atoms with van der Waals surface area (Å²) in [5.41, 5.74) is -0.729. The first-order valence-corrected chi connectivity index (χ1v) is 8.61. The van der Waals surface area contributed by atoms with Gasteiger partial charge in [0.25, 0.3) is 5.91 Å². The number of fused-ring (bicyclic) bond motifs is 2. The fourth-order valence-corrected chi connectivity index (χ4v) is 3.78. The van der Waals surface area contributed by atoms with E-state index in [4.69, 9.17) is 0 Å². The van der Waals surface area contributed by atoms with Crippen molar-refractivity contribution in [1.82, 2.24) is 19.4 Å². The number of carboxylic acids is 1. The van der Waals surface area contributed by atoms with Crippen molar-refractivity contribution in [2.75, 3.05) is 13.1 Å². The summed E-state index contributed by atoms with van der Waals surface area (Å²) in [7, 11) is 0. The Kier molecular flexibility index (Phi) is 4.15. The largest absolute Gasteiger partial charge is 0.503 e. The second-order valence-electron chi connectivity index (χ2n) is 6.69. The van der Waals surface area contributed by atoms with Crippen molar-refractivity contribution < 1.29 is 19.8 Å². The zero-order chi connectivity index (χ0) is 19.1. The standard InChI is InChI=1S/C18H18N4O5/c23-15-12(18(26)27)9-21-10-13-20(8-11-3-1-4-19-7-11)5-2-6-22(13)17(25)14(21)16(15)24/h1,3-4,7,9,13,24H,2,5-6,8,10H2,(H,26,27). The van der Waals surface area contributed by atoms with Crippen LogP contribution >= 0.6 is 0 Å². The molecule has 4 rings (SSSR count). The highest BCUT2D eigenvalue weighted by molar-refractivity contribution is 5.97. The quantitative estimate of drug-likeness (QED) is 0.800. The van der Waals surface area contributed by atoms with Gasteiger partial charge < -0.3 is 19.7 Å². The number of rotatable bonds is 3. The van der Waals surface area contributed by atoms with Gasteiger partial charge in [0.1, 0.15) is 11.7 Å². The average molecular weight is 370 g/mol. The van der Waals surface area contributed by atoms with Crippen LogP contribution in [-0.4, -0.2) is 60.7 Å². The van der Waals surface area contributed by atoms with Crippen LogP contribution in [0.3, 0.4) is 0 Å². The van der Waals surface area contributed by atoms with Crippen LogP contribution in [0.4, 0.5) is 0 Å². The number of hydrogen-bond donors (Lipinski definition) is 2. The lowest BCUT2D eigenvalue weighted by Gasteiger charge is -2.47. The highest BCUT2D eigenvalue weighted by Gasteiger charge is 2.40. The maximum atomic E-state index is 12.9. The number of pyridine rings is 2. The van der Waals surface area contributed by atoms with E-state index in [1.54, 1.807) is 17.3 Å². The number of nitrogens with zero attached hydrogens (tertiary/aromatic N) is 4. The molecule has 2 aliphatic heterocycles. The summed E-state index contributed by atoms with van der Waals surface area (Å²) in [4.78, 5) is 44.1. The summed E-state index contributed by atoms with van der Waals surface area (Å²) < 4.78 is 1.38. The molecule has 1 atom stereocenters. The van der Waals surface area contributed by atoms with Gasteiger partial charge in [0.2, 0.25) is 5.43 Å². The first-order valence-electron chi connectivity index (χ1n) is 8.61. The van der Waals surface area contributed by atoms with Crippen LogP contribution in [0.2, 0.25) is 0 Å². The molecule has 2 aliphatic rings. The van der Waals surface area contributed by atoms with E-state index in [-0.39, 0.29) is 18.4 Å². The third-order valence-corrected chi connectivity index (χ3v) is 5.04. The number of hydrogen-bond acceptors (Lipinski definition) is 6. The maximum absolute atomic E-state index is 12.9. The molecule has 9 nitrogen and oxygen atoms in total. The number of aromatic nitrogens is 2. The molecule has 1 unspecified atom stereocenters. The van der Waals surface area contributed by atoms with Gasteiger partial charge >= 0.3 is 5.97 Å². The molecular weight excluding hydrogens is 352 g/mol. The van der Waals surface area contributed by atoms with Gasteiger partial charge in [0.05, 0.1) is 6.54 Å². The van der Waals surface area contributed by atoms with Crippen LogP contribution in [-0.2, 0) is 13.1 Å². The minimum absolute atomic E-state index is 0.149. The Labute approximate surface area is 154 Å². The van der Waals surface area contributed by atoms with Crippen LogP contribution < -0.4 is 5.43 Å². The highest BCUT2D eigenvalue weighted by atomic mass is 16.4. The van der Waals surface area contributed by atoms with Crippen molar-refractivity contribution in [3.63, 3.8) is 0 Å². The zero-order valence-electron chi connectivity index (χ0n) is 14.4. The molecule has 0 spiro atoms. The molecule has 4 heterocycles. The van der Waals surface area contributed by atoms with E-state index in [2.05, 4.69) is 9.88 Å². The third-order valence-electron chi connectivity index (χ3n) is 5.04. The normalized spacial score (nSPS) is 19.5. The molecule has 2 N–H and O–H groups in total. The molecule has 0 bridgehead atoms. The van der Waals surface area contributed by atoms with Gasteiger partial charge in [-0.15, -0.1) is 0 Å². The fourth-order valence-electron chi connectivity index (χ4n) is 3.78. The molecule has 2 aromatic heterocycles. The van der Waals surface area contributed by atoms with Gasteiger partial charge in [-0.1, -0.05) is 6.07 Å². The van der Waals surface area contributed by atoms with Crippen molar-refractivity contribution in [1.29, 1.82) is 0 Å². The van der Waals surface area contributed by atoms with E-state index < -0.39 is 28.6 Å². The predicted octanol–water partition coefficient (Wildman–Crippen LogP) is 0.335. The monoisotopic (exact) mass is 370 g/mol. The number of carboxylic acid groups (broad SMARTS) is 1. The minimum Gasteiger partial charge on any atom is -0.503 e. The molecule has 0 saturated carbocycles. The first kappa shape index (κ1) is 17.2. The fraction of sp³-hybridized carbons (Fsp3) is 0.333. The van der Waals surface area contributed by atoms with Crippen molar-refractivity contribution in [2.45, 2.75) is 25.7 Å². The highest BCUT2D eigenvalue weighted by Crippen LogP contribution is 2.28. The Hall–Kier alpha value is -3.20. The van der Waals surface area contributed by atoms with Gasteiger partial charge in [-0.05, 0) is 18.1 Å². The smallest absolute Gasteiger partial charge is 0.341 e. The van der Waals surface area contributed by atoms with Crippen LogP contribution in [0.15, 0.2) is 35.5 Å². The van der Waals surface area contributed by atoms with E-state index in [1.165, 1.54) is 4.57 Å². The lowest BCUT2D eigenvalue weighted by atomic mass is 10.1. The molecule has 0 aliphatic carbocycles. The molecule has 0 aromatic carbocycles. The third kappa shape index (κ3) is 2.85. The Morgan fingerprint density at radius 1 is 1.30 bits per heavy atom. The molecule has 140 valence electrons. The zero-order valence-corrected chi connectivity index (χ0v) is 14.4. The molecule has 1 saturated heterocycles. The second kappa shape index (κ2) is 6.51. The minimum atomic E-state index is -1.43. The van der Waals surface area contributed by atoms with E-state index in [0.29, 0.717) is 13.1 Å². The molecule has 1 fully saturated rings. The van der Waals surface area contributed by atoms with E-state index in [0.717, 1.165) is 24.7 Å². The van der Waals surface area contributed by atoms with Crippen LogP contribution in [0.5, 0.6) is 5.75 Å². The number of aromatic hydroxyl groups is 1. The maximum Gasteiger partial charge on any atom is 0.341 e. The number of amides is 1. The first-order chi connectivity index (χ1) is 13.0. The van der Waals surface area contributed by atoms with E-state index in [9.17, 15) is 24.6 Å². The van der Waals surface area contributed by atoms with Gasteiger partial charge in [-0.25, -0.2) is 4.79 Å². The SMILES string of the molecule is O=C(O)c1cn2c(c(O)c1=O)C(=O)N1CCCN(Cc3cccnc3)C1C2. The van der Waals surface area contributed by atoms with Crippen molar-refractivity contribution in [3.8, 4) is 5.75 Å². The lowest BCUT2D eigenvalue weighted by Crippen LogP contribution is -2.60. The Bertz CT molecular complexity index is 972. The lowest BCUT2D eigenvalue weighted by molar-refractivity contribution is -0.0140. The average Bonchev–Trinajstić information content (AvgIpc) is 2.66. The van der Waals surface area contributed by atoms with Gasteiger partial charge in [0.15, 0.2) is 11.4 Å². The second-order valence-corrected chi connectivity index (χ2v) is 6.69. The number of carbonyl (C=O) groups is 2. The summed E-state index contributed by atoms with van der Waals surface area (Å²) in [5.74, 6) is -2.70. The van der Waals surface area contributed by atoms with Gasteiger partial charge in [0, 0.05) is 38.2 Å².